The number of fused-ring (bicyclic) bond motifs is 1. The fraction of sp³-hybridized carbons (Fsp3) is 0. The molecular formula is C13H7Br2ClN2S. The molecule has 19 heavy (non-hydrogen) atoms. The van der Waals surface area contributed by atoms with Crippen molar-refractivity contribution in [1.82, 2.24) is 9.55 Å². The van der Waals surface area contributed by atoms with Crippen molar-refractivity contribution in [3.8, 4) is 5.69 Å². The second kappa shape index (κ2) is 5.05. The van der Waals surface area contributed by atoms with E-state index in [2.05, 4.69) is 36.8 Å². The molecule has 1 N–H and O–H groups in total. The molecule has 0 radical (unpaired) electrons. The van der Waals surface area contributed by atoms with Gasteiger partial charge in [-0.15, -0.1) is 0 Å². The van der Waals surface area contributed by atoms with E-state index < -0.39 is 0 Å². The van der Waals surface area contributed by atoms with Crippen LogP contribution in [-0.2, 0) is 0 Å². The maximum atomic E-state index is 6.02. The zero-order valence-corrected chi connectivity index (χ0v) is 14.2. The highest BCUT2D eigenvalue weighted by molar-refractivity contribution is 9.10. The largest absolute Gasteiger partial charge is 0.330 e. The Balaban J connectivity index is 2.32. The molecule has 0 spiro atoms. The van der Waals surface area contributed by atoms with Gasteiger partial charge in [-0.05, 0) is 64.5 Å². The van der Waals surface area contributed by atoms with Crippen molar-refractivity contribution in [2.24, 2.45) is 0 Å². The van der Waals surface area contributed by atoms with Crippen LogP contribution in [-0.4, -0.2) is 9.55 Å². The number of aromatic amines is 1. The quantitative estimate of drug-likeness (QED) is 0.491. The van der Waals surface area contributed by atoms with Gasteiger partial charge >= 0.3 is 0 Å². The molecule has 0 bridgehead atoms. The second-order valence-electron chi connectivity index (χ2n) is 4.03. The van der Waals surface area contributed by atoms with Crippen molar-refractivity contribution >= 4 is 66.7 Å². The Morgan fingerprint density at radius 2 is 1.89 bits per heavy atom. The summed E-state index contributed by atoms with van der Waals surface area (Å²) in [6.07, 6.45) is 0. The van der Waals surface area contributed by atoms with Gasteiger partial charge < -0.3 is 4.98 Å². The predicted molar refractivity (Wildman–Crippen MR) is 88.9 cm³/mol. The highest BCUT2D eigenvalue weighted by Gasteiger charge is 2.08. The molecule has 0 saturated heterocycles. The zero-order chi connectivity index (χ0) is 13.6. The normalized spacial score (nSPS) is 11.1. The average Bonchev–Trinajstić information content (AvgIpc) is 2.68. The molecule has 96 valence electrons. The van der Waals surface area contributed by atoms with Crippen LogP contribution in [0.5, 0.6) is 0 Å². The van der Waals surface area contributed by atoms with E-state index in [0.717, 1.165) is 25.7 Å². The number of H-pyrrole nitrogens is 1. The van der Waals surface area contributed by atoms with Crippen LogP contribution in [0.15, 0.2) is 45.3 Å². The standard InChI is InChI=1S/C13H7Br2ClN2S/c14-7-1-4-12-11(5-7)17-13(19)18(12)8-2-3-10(16)9(15)6-8/h1-6H,(H,17,19). The van der Waals surface area contributed by atoms with Crippen LogP contribution < -0.4 is 0 Å². The first-order valence-corrected chi connectivity index (χ1v) is 7.79. The van der Waals surface area contributed by atoms with E-state index in [1.54, 1.807) is 0 Å². The second-order valence-corrected chi connectivity index (χ2v) is 6.59. The summed E-state index contributed by atoms with van der Waals surface area (Å²) in [7, 11) is 0. The number of halogens is 3. The van der Waals surface area contributed by atoms with Gasteiger partial charge in [-0.2, -0.15) is 0 Å². The minimum Gasteiger partial charge on any atom is -0.330 e. The molecule has 0 aliphatic heterocycles. The third-order valence-corrected chi connectivity index (χ3v) is 4.80. The van der Waals surface area contributed by atoms with Crippen molar-refractivity contribution < 1.29 is 0 Å². The van der Waals surface area contributed by atoms with Gasteiger partial charge in [0, 0.05) is 14.6 Å². The number of hydrogen-bond donors (Lipinski definition) is 1. The summed E-state index contributed by atoms with van der Waals surface area (Å²) >= 11 is 18.3. The Bertz CT molecular complexity index is 838. The van der Waals surface area contributed by atoms with E-state index in [0.29, 0.717) is 9.79 Å². The van der Waals surface area contributed by atoms with Crippen molar-refractivity contribution in [1.29, 1.82) is 0 Å². The summed E-state index contributed by atoms with van der Waals surface area (Å²) in [6.45, 7) is 0. The first-order valence-electron chi connectivity index (χ1n) is 5.42. The Morgan fingerprint density at radius 3 is 2.63 bits per heavy atom. The van der Waals surface area contributed by atoms with E-state index >= 15 is 0 Å². The van der Waals surface area contributed by atoms with Crippen LogP contribution >= 0.6 is 55.7 Å². The summed E-state index contributed by atoms with van der Waals surface area (Å²) < 4.78 is 4.50. The van der Waals surface area contributed by atoms with Crippen molar-refractivity contribution in [3.05, 3.63) is 55.1 Å². The Hall–Kier alpha value is -0.620. The van der Waals surface area contributed by atoms with Crippen LogP contribution in [0.3, 0.4) is 0 Å². The molecule has 0 fully saturated rings. The monoisotopic (exact) mass is 416 g/mol. The highest BCUT2D eigenvalue weighted by atomic mass is 79.9. The molecule has 0 aliphatic carbocycles. The van der Waals surface area contributed by atoms with Crippen molar-refractivity contribution in [2.45, 2.75) is 0 Å². The molecule has 0 saturated carbocycles. The van der Waals surface area contributed by atoms with Crippen LogP contribution in [0.1, 0.15) is 0 Å². The smallest absolute Gasteiger partial charge is 0.182 e. The van der Waals surface area contributed by atoms with Gasteiger partial charge in [0.1, 0.15) is 0 Å². The molecule has 2 aromatic carbocycles. The molecule has 3 aromatic rings. The van der Waals surface area contributed by atoms with Gasteiger partial charge in [0.25, 0.3) is 0 Å². The average molecular weight is 419 g/mol. The number of hydrogen-bond acceptors (Lipinski definition) is 1. The Morgan fingerprint density at radius 1 is 1.11 bits per heavy atom. The number of rotatable bonds is 1. The van der Waals surface area contributed by atoms with Crippen LogP contribution in [0.25, 0.3) is 16.7 Å². The van der Waals surface area contributed by atoms with Gasteiger partial charge in [0.2, 0.25) is 0 Å². The SMILES string of the molecule is S=c1[nH]c2cc(Br)ccc2n1-c1ccc(Cl)c(Br)c1. The summed E-state index contributed by atoms with van der Waals surface area (Å²) in [6, 6.07) is 11.8. The maximum Gasteiger partial charge on any atom is 0.182 e. The minimum atomic E-state index is 0.655. The molecule has 0 atom stereocenters. The fourth-order valence-corrected chi connectivity index (χ4v) is 3.12. The summed E-state index contributed by atoms with van der Waals surface area (Å²) in [5.41, 5.74) is 2.99. The Kier molecular flexibility index (Phi) is 3.55. The van der Waals surface area contributed by atoms with E-state index in [1.165, 1.54) is 0 Å². The number of imidazole rings is 1. The number of aromatic nitrogens is 2. The predicted octanol–water partition coefficient (Wildman–Crippen LogP) is 5.87. The molecule has 0 unspecified atom stereocenters. The first-order chi connectivity index (χ1) is 9.06. The van der Waals surface area contributed by atoms with Gasteiger partial charge in [-0.25, -0.2) is 0 Å². The first kappa shape index (κ1) is 13.4. The summed E-state index contributed by atoms with van der Waals surface area (Å²) in [5.74, 6) is 0. The topological polar surface area (TPSA) is 20.7 Å². The van der Waals surface area contributed by atoms with Gasteiger partial charge in [0.15, 0.2) is 4.77 Å². The van der Waals surface area contributed by atoms with Gasteiger partial charge in [-0.3, -0.25) is 4.57 Å². The lowest BCUT2D eigenvalue weighted by atomic mass is 10.3. The molecule has 6 heteroatoms. The Labute approximate surface area is 136 Å². The maximum absolute atomic E-state index is 6.02. The molecule has 1 aromatic heterocycles. The molecule has 3 rings (SSSR count). The van der Waals surface area contributed by atoms with Crippen molar-refractivity contribution in [3.63, 3.8) is 0 Å². The third kappa shape index (κ3) is 2.40. The van der Waals surface area contributed by atoms with Crippen molar-refractivity contribution in [2.75, 3.05) is 0 Å². The van der Waals surface area contributed by atoms with E-state index in [1.807, 2.05) is 41.0 Å². The molecule has 0 amide bonds. The van der Waals surface area contributed by atoms with Gasteiger partial charge in [-0.1, -0.05) is 27.5 Å². The summed E-state index contributed by atoms with van der Waals surface area (Å²) in [5, 5.41) is 0.679. The zero-order valence-electron chi connectivity index (χ0n) is 9.45. The molecular weight excluding hydrogens is 411 g/mol. The van der Waals surface area contributed by atoms with E-state index in [-0.39, 0.29) is 0 Å². The highest BCUT2D eigenvalue weighted by Crippen LogP contribution is 2.28. The minimum absolute atomic E-state index is 0.655. The van der Waals surface area contributed by atoms with Gasteiger partial charge in [0.05, 0.1) is 16.1 Å². The fourth-order valence-electron chi connectivity index (χ4n) is 1.96. The third-order valence-electron chi connectivity index (χ3n) is 2.81. The summed E-state index contributed by atoms with van der Waals surface area (Å²) in [4.78, 5) is 3.20. The number of benzene rings is 2. The lowest BCUT2D eigenvalue weighted by molar-refractivity contribution is 1.06. The molecule has 2 nitrogen and oxygen atoms in total. The van der Waals surface area contributed by atoms with Crippen LogP contribution in [0.2, 0.25) is 5.02 Å². The van der Waals surface area contributed by atoms with Crippen LogP contribution in [0, 0.1) is 4.77 Å². The van der Waals surface area contributed by atoms with E-state index in [9.17, 15) is 0 Å². The number of nitrogens with one attached hydrogen (secondary N) is 1. The molecule has 0 aliphatic rings. The van der Waals surface area contributed by atoms with E-state index in [4.69, 9.17) is 23.8 Å². The lowest BCUT2D eigenvalue weighted by Crippen LogP contribution is -1.93. The molecule has 1 heterocycles. The number of nitrogens with zero attached hydrogens (tertiary/aromatic N) is 1. The lowest BCUT2D eigenvalue weighted by Gasteiger charge is -2.06. The van der Waals surface area contributed by atoms with Crippen LogP contribution in [0.4, 0.5) is 0 Å².